The van der Waals surface area contributed by atoms with Gasteiger partial charge in [-0.2, -0.15) is 13.2 Å². The van der Waals surface area contributed by atoms with Crippen LogP contribution < -0.4 is 0 Å². The molecule has 1 heterocycles. The van der Waals surface area contributed by atoms with Crippen LogP contribution in [0.2, 0.25) is 0 Å². The molecule has 0 aromatic rings. The maximum atomic E-state index is 12.2. The van der Waals surface area contributed by atoms with Crippen LogP contribution in [0.25, 0.3) is 0 Å². The van der Waals surface area contributed by atoms with Crippen LogP contribution in [0.1, 0.15) is 12.8 Å². The Morgan fingerprint density at radius 3 is 2.06 bits per heavy atom. The lowest BCUT2D eigenvalue weighted by Gasteiger charge is -2.20. The first-order chi connectivity index (χ1) is 8.32. The number of aliphatic hydroxyl groups excluding tert-OH is 1. The van der Waals surface area contributed by atoms with Crippen molar-refractivity contribution >= 4 is 11.8 Å². The van der Waals surface area contributed by atoms with Gasteiger partial charge in [0.15, 0.2) is 6.10 Å². The molecule has 2 rings (SSSR count). The molecule has 1 aliphatic carbocycles. The van der Waals surface area contributed by atoms with Crippen molar-refractivity contribution in [3.05, 3.63) is 12.2 Å². The molecule has 0 bridgehead atoms. The predicted molar refractivity (Wildman–Crippen MR) is 54.1 cm³/mol. The number of halogens is 3. The van der Waals surface area contributed by atoms with E-state index in [1.165, 1.54) is 0 Å². The van der Waals surface area contributed by atoms with Gasteiger partial charge in [-0.05, 0) is 12.8 Å². The number of amides is 2. The first-order valence-corrected chi connectivity index (χ1v) is 5.57. The van der Waals surface area contributed by atoms with Crippen LogP contribution in [-0.2, 0) is 9.59 Å². The largest absolute Gasteiger partial charge is 0.416 e. The molecule has 1 N–H and O–H groups in total. The minimum Gasteiger partial charge on any atom is -0.382 e. The Morgan fingerprint density at radius 1 is 1.22 bits per heavy atom. The van der Waals surface area contributed by atoms with Gasteiger partial charge in [-0.15, -0.1) is 0 Å². The number of fused-ring (bicyclic) bond motifs is 1. The van der Waals surface area contributed by atoms with E-state index in [9.17, 15) is 22.8 Å². The molecular weight excluding hydrogens is 251 g/mol. The number of likely N-dealkylation sites (tertiary alicyclic amines) is 1. The van der Waals surface area contributed by atoms with E-state index < -0.39 is 42.5 Å². The first kappa shape index (κ1) is 13.1. The Kier molecular flexibility index (Phi) is 3.18. The first-order valence-electron chi connectivity index (χ1n) is 5.57. The Labute approximate surface area is 101 Å². The summed E-state index contributed by atoms with van der Waals surface area (Å²) in [5.74, 6) is -2.36. The summed E-state index contributed by atoms with van der Waals surface area (Å²) in [6, 6.07) is 0. The highest BCUT2D eigenvalue weighted by atomic mass is 19.4. The van der Waals surface area contributed by atoms with Crippen molar-refractivity contribution in [2.24, 2.45) is 11.8 Å². The van der Waals surface area contributed by atoms with Crippen molar-refractivity contribution in [1.29, 1.82) is 0 Å². The molecule has 1 unspecified atom stereocenters. The lowest BCUT2D eigenvalue weighted by atomic mass is 9.85. The maximum Gasteiger partial charge on any atom is 0.416 e. The lowest BCUT2D eigenvalue weighted by Crippen LogP contribution is -2.44. The van der Waals surface area contributed by atoms with Gasteiger partial charge in [0.2, 0.25) is 11.8 Å². The van der Waals surface area contributed by atoms with E-state index in [4.69, 9.17) is 5.11 Å². The van der Waals surface area contributed by atoms with Gasteiger partial charge >= 0.3 is 6.18 Å². The van der Waals surface area contributed by atoms with Crippen LogP contribution in [0.5, 0.6) is 0 Å². The van der Waals surface area contributed by atoms with Crippen molar-refractivity contribution < 1.29 is 27.9 Å². The Balaban J connectivity index is 2.11. The van der Waals surface area contributed by atoms with Crippen molar-refractivity contribution in [1.82, 2.24) is 4.90 Å². The number of hydrogen-bond acceptors (Lipinski definition) is 3. The van der Waals surface area contributed by atoms with Crippen molar-refractivity contribution in [2.45, 2.75) is 25.1 Å². The average Bonchev–Trinajstić information content (AvgIpc) is 2.54. The topological polar surface area (TPSA) is 57.6 Å². The number of hydrogen-bond donors (Lipinski definition) is 1. The molecule has 100 valence electrons. The number of allylic oxidation sites excluding steroid dienone is 2. The summed E-state index contributed by atoms with van der Waals surface area (Å²) in [6.45, 7) is -1.01. The highest BCUT2D eigenvalue weighted by molar-refractivity contribution is 6.05. The number of carbonyl (C=O) groups is 2. The molecule has 0 saturated carbocycles. The molecule has 0 aromatic heterocycles. The normalized spacial score (nSPS) is 29.7. The Morgan fingerprint density at radius 2 is 1.67 bits per heavy atom. The van der Waals surface area contributed by atoms with Crippen molar-refractivity contribution in [3.8, 4) is 0 Å². The monoisotopic (exact) mass is 263 g/mol. The number of aliphatic hydroxyl groups is 1. The van der Waals surface area contributed by atoms with Crippen LogP contribution in [0.4, 0.5) is 13.2 Å². The van der Waals surface area contributed by atoms with E-state index in [0.717, 1.165) is 0 Å². The second-order valence-corrected chi connectivity index (χ2v) is 4.50. The molecule has 4 nitrogen and oxygen atoms in total. The Bertz CT molecular complexity index is 379. The van der Waals surface area contributed by atoms with E-state index in [-0.39, 0.29) is 0 Å². The number of β-amino-alcohol motifs (C(OH)–C–C–N with tert-alkyl or cyclic N) is 1. The van der Waals surface area contributed by atoms with E-state index >= 15 is 0 Å². The summed E-state index contributed by atoms with van der Waals surface area (Å²) in [7, 11) is 0. The maximum absolute atomic E-state index is 12.2. The fourth-order valence-corrected chi connectivity index (χ4v) is 2.33. The fourth-order valence-electron chi connectivity index (χ4n) is 2.33. The van der Waals surface area contributed by atoms with Crippen LogP contribution in [0.15, 0.2) is 12.2 Å². The van der Waals surface area contributed by atoms with Gasteiger partial charge < -0.3 is 5.11 Å². The standard InChI is InChI=1S/C11H12F3NO3/c12-11(13,14)8(16)5-15-9(17)6-3-1-2-4-7(6)10(15)18/h1-2,6-8,16H,3-5H2/t6-,7+,8?. The number of carbonyl (C=O) groups excluding carboxylic acids is 2. The third kappa shape index (κ3) is 2.14. The van der Waals surface area contributed by atoms with Crippen LogP contribution in [-0.4, -0.2) is 40.6 Å². The van der Waals surface area contributed by atoms with Gasteiger partial charge in [0.25, 0.3) is 0 Å². The minimum atomic E-state index is -4.83. The zero-order valence-electron chi connectivity index (χ0n) is 9.35. The number of imide groups is 1. The molecule has 2 aliphatic rings. The lowest BCUT2D eigenvalue weighted by molar-refractivity contribution is -0.207. The summed E-state index contributed by atoms with van der Waals surface area (Å²) >= 11 is 0. The van der Waals surface area contributed by atoms with Crippen LogP contribution in [0.3, 0.4) is 0 Å². The highest BCUT2D eigenvalue weighted by Crippen LogP contribution is 2.35. The molecule has 0 aromatic carbocycles. The molecule has 0 radical (unpaired) electrons. The summed E-state index contributed by atoms with van der Waals surface area (Å²) < 4.78 is 36.6. The van der Waals surface area contributed by atoms with Crippen molar-refractivity contribution in [2.75, 3.05) is 6.54 Å². The summed E-state index contributed by atoms with van der Waals surface area (Å²) in [6.07, 6.45) is -3.28. The van der Waals surface area contributed by atoms with E-state index in [0.29, 0.717) is 17.7 Å². The molecule has 1 fully saturated rings. The van der Waals surface area contributed by atoms with Gasteiger partial charge in [-0.25, -0.2) is 0 Å². The third-order valence-electron chi connectivity index (χ3n) is 3.33. The van der Waals surface area contributed by atoms with E-state index in [1.807, 2.05) is 0 Å². The molecule has 0 spiro atoms. The highest BCUT2D eigenvalue weighted by Gasteiger charge is 2.50. The molecule has 3 atom stereocenters. The zero-order chi connectivity index (χ0) is 13.5. The van der Waals surface area contributed by atoms with E-state index in [2.05, 4.69) is 0 Å². The summed E-state index contributed by atoms with van der Waals surface area (Å²) in [5.41, 5.74) is 0. The fraction of sp³-hybridized carbons (Fsp3) is 0.636. The molecular formula is C11H12F3NO3. The van der Waals surface area contributed by atoms with Gasteiger partial charge in [-0.1, -0.05) is 12.2 Å². The van der Waals surface area contributed by atoms with Gasteiger partial charge in [0.1, 0.15) is 0 Å². The second-order valence-electron chi connectivity index (χ2n) is 4.50. The average molecular weight is 263 g/mol. The quantitative estimate of drug-likeness (QED) is 0.594. The molecule has 7 heteroatoms. The number of nitrogens with zero attached hydrogens (tertiary/aromatic N) is 1. The van der Waals surface area contributed by atoms with Gasteiger partial charge in [-0.3, -0.25) is 14.5 Å². The number of alkyl halides is 3. The van der Waals surface area contributed by atoms with E-state index in [1.54, 1.807) is 12.2 Å². The smallest absolute Gasteiger partial charge is 0.382 e. The van der Waals surface area contributed by atoms with Crippen molar-refractivity contribution in [3.63, 3.8) is 0 Å². The predicted octanol–water partition coefficient (Wildman–Crippen LogP) is 0.861. The van der Waals surface area contributed by atoms with Crippen LogP contribution >= 0.6 is 0 Å². The molecule has 1 aliphatic heterocycles. The third-order valence-corrected chi connectivity index (χ3v) is 3.33. The zero-order valence-corrected chi connectivity index (χ0v) is 9.35. The molecule has 1 saturated heterocycles. The SMILES string of the molecule is O=C1[C@H]2CC=CC[C@H]2C(=O)N1CC(O)C(F)(F)F. The summed E-state index contributed by atoms with van der Waals surface area (Å²) in [4.78, 5) is 24.2. The molecule has 18 heavy (non-hydrogen) atoms. The number of rotatable bonds is 2. The summed E-state index contributed by atoms with van der Waals surface area (Å²) in [5, 5.41) is 8.93. The van der Waals surface area contributed by atoms with Crippen LogP contribution in [0, 0.1) is 11.8 Å². The second kappa shape index (κ2) is 4.38. The molecule has 2 amide bonds. The Hall–Kier alpha value is -1.37. The minimum absolute atomic E-state index is 0.369. The van der Waals surface area contributed by atoms with Gasteiger partial charge in [0.05, 0.1) is 18.4 Å². The van der Waals surface area contributed by atoms with Gasteiger partial charge in [0, 0.05) is 0 Å².